The van der Waals surface area contributed by atoms with Crippen LogP contribution >= 0.6 is 12.4 Å². The number of carbonyl (C=O) groups is 1. The Morgan fingerprint density at radius 1 is 1.30 bits per heavy atom. The minimum atomic E-state index is -0.522. The summed E-state index contributed by atoms with van der Waals surface area (Å²) in [6, 6.07) is 4.39. The number of piperazine rings is 1. The molecule has 122 valence electrons. The van der Waals surface area contributed by atoms with E-state index in [1.165, 1.54) is 29.5 Å². The van der Waals surface area contributed by atoms with E-state index < -0.39 is 4.92 Å². The van der Waals surface area contributed by atoms with Crippen LogP contribution in [0.1, 0.15) is 10.4 Å². The average molecular weight is 339 g/mol. The highest BCUT2D eigenvalue weighted by Gasteiger charge is 2.23. The Morgan fingerprint density at radius 2 is 2.04 bits per heavy atom. The highest BCUT2D eigenvalue weighted by Crippen LogP contribution is 2.24. The van der Waals surface area contributed by atoms with E-state index in [1.807, 2.05) is 0 Å². The normalized spacial score (nSPS) is 14.2. The van der Waals surface area contributed by atoms with Crippen LogP contribution in [-0.4, -0.2) is 56.7 Å². The van der Waals surface area contributed by atoms with Gasteiger partial charge in [0.15, 0.2) is 0 Å². The third-order valence-corrected chi connectivity index (χ3v) is 3.49. The molecule has 1 aliphatic heterocycles. The minimum Gasteiger partial charge on any atom is -0.336 e. The van der Waals surface area contributed by atoms with E-state index in [2.05, 4.69) is 15.4 Å². The van der Waals surface area contributed by atoms with Crippen LogP contribution in [0.3, 0.4) is 0 Å². The molecule has 1 aromatic heterocycles. The lowest BCUT2D eigenvalue weighted by molar-refractivity contribution is -0.384. The van der Waals surface area contributed by atoms with Gasteiger partial charge in [-0.25, -0.2) is 9.67 Å². The zero-order valence-corrected chi connectivity index (χ0v) is 12.9. The number of rotatable bonds is 3. The first-order chi connectivity index (χ1) is 10.7. The summed E-state index contributed by atoms with van der Waals surface area (Å²) in [6.07, 6.45) is 2.67. The van der Waals surface area contributed by atoms with Gasteiger partial charge in [0.05, 0.1) is 4.92 Å². The minimum absolute atomic E-state index is 0. The Labute approximate surface area is 137 Å². The number of carbonyl (C=O) groups excluding carboxylic acids is 1. The molecule has 1 amide bonds. The molecular formula is C13H15ClN6O3. The summed E-state index contributed by atoms with van der Waals surface area (Å²) in [6.45, 7) is 2.64. The van der Waals surface area contributed by atoms with Gasteiger partial charge in [0.1, 0.15) is 18.3 Å². The summed E-state index contributed by atoms with van der Waals surface area (Å²) in [5.74, 6) is -0.199. The lowest BCUT2D eigenvalue weighted by atomic mass is 10.1. The van der Waals surface area contributed by atoms with Gasteiger partial charge < -0.3 is 10.2 Å². The second-order valence-corrected chi connectivity index (χ2v) is 4.84. The van der Waals surface area contributed by atoms with Crippen LogP contribution in [-0.2, 0) is 0 Å². The van der Waals surface area contributed by atoms with Crippen molar-refractivity contribution >= 4 is 24.0 Å². The van der Waals surface area contributed by atoms with E-state index >= 15 is 0 Å². The maximum absolute atomic E-state index is 12.4. The Hall–Kier alpha value is -2.52. The largest absolute Gasteiger partial charge is 0.336 e. The molecule has 3 rings (SSSR count). The summed E-state index contributed by atoms with van der Waals surface area (Å²) >= 11 is 0. The van der Waals surface area contributed by atoms with Crippen molar-refractivity contribution in [2.45, 2.75) is 0 Å². The zero-order chi connectivity index (χ0) is 15.5. The number of hydrogen-bond acceptors (Lipinski definition) is 6. The number of halogens is 1. The molecule has 1 saturated heterocycles. The van der Waals surface area contributed by atoms with Gasteiger partial charge in [0.2, 0.25) is 0 Å². The molecule has 0 spiro atoms. The molecule has 23 heavy (non-hydrogen) atoms. The summed E-state index contributed by atoms with van der Waals surface area (Å²) in [7, 11) is 0. The number of nitro groups is 1. The second-order valence-electron chi connectivity index (χ2n) is 4.84. The van der Waals surface area contributed by atoms with Crippen molar-refractivity contribution in [3.05, 3.63) is 46.5 Å². The molecule has 1 N–H and O–H groups in total. The molecule has 0 saturated carbocycles. The van der Waals surface area contributed by atoms with Crippen molar-refractivity contribution in [3.63, 3.8) is 0 Å². The van der Waals surface area contributed by atoms with Crippen LogP contribution < -0.4 is 5.32 Å². The maximum atomic E-state index is 12.4. The highest BCUT2D eigenvalue weighted by molar-refractivity contribution is 5.95. The van der Waals surface area contributed by atoms with Crippen molar-refractivity contribution in [2.75, 3.05) is 26.2 Å². The lowest BCUT2D eigenvalue weighted by Crippen LogP contribution is -2.46. The molecule has 1 aromatic carbocycles. The molecule has 2 aromatic rings. The van der Waals surface area contributed by atoms with Gasteiger partial charge in [-0.3, -0.25) is 14.9 Å². The number of nitro benzene ring substituents is 1. The highest BCUT2D eigenvalue weighted by atomic mass is 35.5. The average Bonchev–Trinajstić information content (AvgIpc) is 3.08. The number of hydrogen-bond donors (Lipinski definition) is 1. The second kappa shape index (κ2) is 7.16. The number of nitrogens with one attached hydrogen (secondary N) is 1. The number of nitrogens with zero attached hydrogens (tertiary/aromatic N) is 5. The van der Waals surface area contributed by atoms with Crippen molar-refractivity contribution in [1.29, 1.82) is 0 Å². The Bertz CT molecular complexity index is 700. The molecule has 0 atom stereocenters. The van der Waals surface area contributed by atoms with Crippen LogP contribution in [0, 0.1) is 10.1 Å². The van der Waals surface area contributed by atoms with E-state index in [1.54, 1.807) is 11.0 Å². The smallest absolute Gasteiger partial charge is 0.295 e. The van der Waals surface area contributed by atoms with Gasteiger partial charge in [-0.2, -0.15) is 5.10 Å². The van der Waals surface area contributed by atoms with Gasteiger partial charge >= 0.3 is 0 Å². The molecule has 0 aliphatic carbocycles. The van der Waals surface area contributed by atoms with Crippen molar-refractivity contribution in [1.82, 2.24) is 25.0 Å². The summed E-state index contributed by atoms with van der Waals surface area (Å²) in [5, 5.41) is 18.3. The van der Waals surface area contributed by atoms with Crippen LogP contribution in [0.4, 0.5) is 5.69 Å². The Balaban J connectivity index is 0.00000192. The molecular weight excluding hydrogens is 324 g/mol. The first-order valence-corrected chi connectivity index (χ1v) is 6.80. The van der Waals surface area contributed by atoms with Gasteiger partial charge in [0, 0.05) is 37.8 Å². The molecule has 0 bridgehead atoms. The maximum Gasteiger partial charge on any atom is 0.295 e. The van der Waals surface area contributed by atoms with Crippen LogP contribution in [0.2, 0.25) is 0 Å². The summed E-state index contributed by atoms with van der Waals surface area (Å²) < 4.78 is 1.30. The van der Waals surface area contributed by atoms with E-state index in [0.717, 1.165) is 13.1 Å². The zero-order valence-electron chi connectivity index (χ0n) is 12.1. The Morgan fingerprint density at radius 3 is 2.65 bits per heavy atom. The number of amides is 1. The van der Waals surface area contributed by atoms with Gasteiger partial charge in [-0.05, 0) is 12.1 Å². The van der Waals surface area contributed by atoms with E-state index in [-0.39, 0.29) is 29.7 Å². The number of benzene rings is 1. The monoisotopic (exact) mass is 338 g/mol. The molecule has 2 heterocycles. The molecule has 10 heteroatoms. The molecule has 1 aliphatic rings. The quantitative estimate of drug-likeness (QED) is 0.650. The predicted molar refractivity (Wildman–Crippen MR) is 84.0 cm³/mol. The summed E-state index contributed by atoms with van der Waals surface area (Å²) in [4.78, 5) is 28.6. The third kappa shape index (κ3) is 3.46. The fraction of sp³-hybridized carbons (Fsp3) is 0.308. The molecule has 9 nitrogen and oxygen atoms in total. The third-order valence-electron chi connectivity index (χ3n) is 3.49. The van der Waals surface area contributed by atoms with Crippen molar-refractivity contribution < 1.29 is 9.72 Å². The fourth-order valence-electron chi connectivity index (χ4n) is 2.38. The van der Waals surface area contributed by atoms with Crippen molar-refractivity contribution in [2.24, 2.45) is 0 Å². The predicted octanol–water partition coefficient (Wildman–Crippen LogP) is 0.643. The van der Waals surface area contributed by atoms with Crippen LogP contribution in [0.25, 0.3) is 5.69 Å². The molecule has 0 radical (unpaired) electrons. The van der Waals surface area contributed by atoms with Gasteiger partial charge in [0.25, 0.3) is 11.6 Å². The Kier molecular flexibility index (Phi) is 5.24. The molecule has 0 unspecified atom stereocenters. The fourth-order valence-corrected chi connectivity index (χ4v) is 2.38. The van der Waals surface area contributed by atoms with E-state index in [9.17, 15) is 14.9 Å². The van der Waals surface area contributed by atoms with Crippen molar-refractivity contribution in [3.8, 4) is 5.69 Å². The lowest BCUT2D eigenvalue weighted by Gasteiger charge is -2.27. The topological polar surface area (TPSA) is 106 Å². The SMILES string of the molecule is Cl.O=C(c1ccc(-n2cncn2)c([N+](=O)[O-])c1)N1CCNCC1. The first kappa shape index (κ1) is 16.8. The van der Waals surface area contributed by atoms with E-state index in [0.29, 0.717) is 18.7 Å². The van der Waals surface area contributed by atoms with Gasteiger partial charge in [-0.15, -0.1) is 12.4 Å². The van der Waals surface area contributed by atoms with Crippen LogP contribution in [0.15, 0.2) is 30.9 Å². The molecule has 1 fully saturated rings. The van der Waals surface area contributed by atoms with Crippen LogP contribution in [0.5, 0.6) is 0 Å². The van der Waals surface area contributed by atoms with E-state index in [4.69, 9.17) is 0 Å². The first-order valence-electron chi connectivity index (χ1n) is 6.80. The van der Waals surface area contributed by atoms with Gasteiger partial charge in [-0.1, -0.05) is 0 Å². The summed E-state index contributed by atoms with van der Waals surface area (Å²) in [5.41, 5.74) is 0.406. The standard InChI is InChI=1S/C13H14N6O3.ClH/c20-13(17-5-3-14-4-6-17)10-1-2-11(12(7-10)19(21)22)18-9-15-8-16-18;/h1-2,7-9,14H,3-6H2;1H. The number of aromatic nitrogens is 3.